The maximum absolute atomic E-state index is 4.43. The second-order valence-corrected chi connectivity index (χ2v) is 4.27. The van der Waals surface area contributed by atoms with Gasteiger partial charge in [-0.2, -0.15) is 0 Å². The molecule has 2 aromatic heterocycles. The van der Waals surface area contributed by atoms with Crippen LogP contribution in [-0.2, 0) is 0 Å². The molecule has 4 aromatic rings. The van der Waals surface area contributed by atoms with E-state index in [0.717, 1.165) is 16.6 Å². The molecule has 0 saturated carbocycles. The van der Waals surface area contributed by atoms with E-state index >= 15 is 0 Å². The number of benzene rings is 2. The second kappa shape index (κ2) is 3.08. The van der Waals surface area contributed by atoms with Crippen LogP contribution in [0.25, 0.3) is 32.7 Å². The van der Waals surface area contributed by atoms with Crippen LogP contribution >= 0.6 is 0 Å². The lowest BCUT2D eigenvalue weighted by molar-refractivity contribution is 1.47. The van der Waals surface area contributed by atoms with Gasteiger partial charge in [0, 0.05) is 28.0 Å². The summed E-state index contributed by atoms with van der Waals surface area (Å²) in [7, 11) is 0. The van der Waals surface area contributed by atoms with Crippen LogP contribution in [0.15, 0.2) is 54.7 Å². The minimum atomic E-state index is 1.07. The Kier molecular flexibility index (Phi) is 1.59. The molecule has 0 unspecified atom stereocenters. The van der Waals surface area contributed by atoms with Crippen molar-refractivity contribution in [3.63, 3.8) is 0 Å². The summed E-state index contributed by atoms with van der Waals surface area (Å²) in [6, 6.07) is 16.8. The lowest BCUT2D eigenvalue weighted by atomic mass is 10.1. The first-order valence-corrected chi connectivity index (χ1v) is 5.67. The van der Waals surface area contributed by atoms with E-state index in [2.05, 4.69) is 46.4 Å². The zero-order valence-corrected chi connectivity index (χ0v) is 9.14. The third-order valence-electron chi connectivity index (χ3n) is 3.24. The van der Waals surface area contributed by atoms with E-state index in [1.807, 2.05) is 18.3 Å². The summed E-state index contributed by atoms with van der Waals surface area (Å²) in [5.74, 6) is 0. The van der Waals surface area contributed by atoms with Crippen LogP contribution in [0.2, 0.25) is 0 Å². The normalized spacial score (nSPS) is 11.5. The molecule has 0 radical (unpaired) electrons. The zero-order chi connectivity index (χ0) is 11.2. The molecule has 2 aromatic carbocycles. The summed E-state index contributed by atoms with van der Waals surface area (Å²) in [4.78, 5) is 7.88. The van der Waals surface area contributed by atoms with Crippen LogP contribution in [0.4, 0.5) is 0 Å². The minimum absolute atomic E-state index is 1.07. The van der Waals surface area contributed by atoms with Gasteiger partial charge in [0.2, 0.25) is 0 Å². The van der Waals surface area contributed by atoms with Gasteiger partial charge in [-0.25, -0.2) is 0 Å². The fourth-order valence-corrected chi connectivity index (χ4v) is 2.39. The number of rotatable bonds is 0. The van der Waals surface area contributed by atoms with Gasteiger partial charge in [-0.15, -0.1) is 0 Å². The number of hydrogen-bond donors (Lipinski definition) is 1. The van der Waals surface area contributed by atoms with Crippen LogP contribution in [0.1, 0.15) is 0 Å². The van der Waals surface area contributed by atoms with E-state index in [1.165, 1.54) is 16.2 Å². The molecule has 0 saturated heterocycles. The topological polar surface area (TPSA) is 28.7 Å². The van der Waals surface area contributed by atoms with E-state index in [9.17, 15) is 0 Å². The largest absolute Gasteiger partial charge is 0.354 e. The lowest BCUT2D eigenvalue weighted by Crippen LogP contribution is -1.83. The Bertz CT molecular complexity index is 843. The molecule has 0 bridgehead atoms. The monoisotopic (exact) mass is 218 g/mol. The Labute approximate surface area is 97.9 Å². The number of H-pyrrole nitrogens is 1. The summed E-state index contributed by atoms with van der Waals surface area (Å²) < 4.78 is 0. The van der Waals surface area contributed by atoms with E-state index in [1.54, 1.807) is 0 Å². The predicted molar refractivity (Wildman–Crippen MR) is 71.1 cm³/mol. The highest BCUT2D eigenvalue weighted by Gasteiger charge is 2.03. The highest BCUT2D eigenvalue weighted by Crippen LogP contribution is 2.26. The van der Waals surface area contributed by atoms with E-state index < -0.39 is 0 Å². The van der Waals surface area contributed by atoms with Gasteiger partial charge >= 0.3 is 0 Å². The number of fused-ring (bicyclic) bond motifs is 4. The van der Waals surface area contributed by atoms with Gasteiger partial charge < -0.3 is 4.98 Å². The Morgan fingerprint density at radius 3 is 2.76 bits per heavy atom. The Balaban J connectivity index is 2.29. The first-order valence-electron chi connectivity index (χ1n) is 5.67. The maximum Gasteiger partial charge on any atom is 0.0795 e. The van der Waals surface area contributed by atoms with Crippen molar-refractivity contribution in [2.75, 3.05) is 0 Å². The first kappa shape index (κ1) is 8.76. The number of pyridine rings is 1. The third kappa shape index (κ3) is 1.18. The van der Waals surface area contributed by atoms with Crippen molar-refractivity contribution in [2.45, 2.75) is 0 Å². The van der Waals surface area contributed by atoms with Gasteiger partial charge in [0.05, 0.1) is 5.52 Å². The number of para-hydroxylation sites is 1. The molecule has 0 atom stereocenters. The highest BCUT2D eigenvalue weighted by molar-refractivity contribution is 6.07. The van der Waals surface area contributed by atoms with Gasteiger partial charge in [-0.3, -0.25) is 4.98 Å². The van der Waals surface area contributed by atoms with Gasteiger partial charge in [-0.05, 0) is 29.7 Å². The van der Waals surface area contributed by atoms with Crippen LogP contribution in [0.3, 0.4) is 0 Å². The fourth-order valence-electron chi connectivity index (χ4n) is 2.39. The number of nitrogens with one attached hydrogen (secondary N) is 1. The van der Waals surface area contributed by atoms with Crippen molar-refractivity contribution in [1.82, 2.24) is 9.97 Å². The van der Waals surface area contributed by atoms with Gasteiger partial charge in [0.25, 0.3) is 0 Å². The van der Waals surface area contributed by atoms with Crippen LogP contribution in [0.5, 0.6) is 0 Å². The second-order valence-electron chi connectivity index (χ2n) is 4.27. The van der Waals surface area contributed by atoms with Crippen molar-refractivity contribution in [3.05, 3.63) is 54.7 Å². The smallest absolute Gasteiger partial charge is 0.0795 e. The zero-order valence-electron chi connectivity index (χ0n) is 9.14. The first-order chi connectivity index (χ1) is 8.42. The number of aromatic nitrogens is 2. The molecule has 0 aliphatic rings. The number of aromatic amines is 1. The van der Waals surface area contributed by atoms with E-state index in [0.29, 0.717) is 0 Å². The fraction of sp³-hybridized carbons (Fsp3) is 0. The third-order valence-corrected chi connectivity index (χ3v) is 3.24. The molecule has 2 heteroatoms. The molecule has 0 fully saturated rings. The Morgan fingerprint density at radius 1 is 0.824 bits per heavy atom. The van der Waals surface area contributed by atoms with Crippen molar-refractivity contribution < 1.29 is 0 Å². The van der Waals surface area contributed by atoms with Crippen LogP contribution in [-0.4, -0.2) is 9.97 Å². The van der Waals surface area contributed by atoms with Crippen molar-refractivity contribution in [3.8, 4) is 0 Å². The highest BCUT2D eigenvalue weighted by atomic mass is 14.7. The number of nitrogens with zero attached hydrogens (tertiary/aromatic N) is 1. The molecule has 0 amide bonds. The molecule has 17 heavy (non-hydrogen) atoms. The molecule has 0 spiro atoms. The predicted octanol–water partition coefficient (Wildman–Crippen LogP) is 3.87. The molecule has 4 rings (SSSR count). The average molecular weight is 218 g/mol. The van der Waals surface area contributed by atoms with Crippen LogP contribution < -0.4 is 0 Å². The molecular formula is C15H10N2. The van der Waals surface area contributed by atoms with E-state index in [4.69, 9.17) is 0 Å². The molecule has 0 aliphatic carbocycles. The number of hydrogen-bond acceptors (Lipinski definition) is 1. The Hall–Kier alpha value is -2.35. The molecule has 80 valence electrons. The summed E-state index contributed by atoms with van der Waals surface area (Å²) >= 11 is 0. The average Bonchev–Trinajstić information content (AvgIpc) is 2.85. The van der Waals surface area contributed by atoms with Crippen molar-refractivity contribution >= 4 is 32.7 Å². The summed E-state index contributed by atoms with van der Waals surface area (Å²) in [5.41, 5.74) is 3.37. The maximum atomic E-state index is 4.43. The quantitative estimate of drug-likeness (QED) is 0.446. The minimum Gasteiger partial charge on any atom is -0.354 e. The van der Waals surface area contributed by atoms with E-state index in [-0.39, 0.29) is 0 Å². The summed E-state index contributed by atoms with van der Waals surface area (Å²) in [6.45, 7) is 0. The van der Waals surface area contributed by atoms with Crippen molar-refractivity contribution in [2.24, 2.45) is 0 Å². The standard InChI is InChI=1S/C15H10N2/c1-2-4-13-11(3-1)9-12-14(17-13)6-5-10-7-8-16-15(10)12/h1-9,17H. The molecule has 1 N–H and O–H groups in total. The van der Waals surface area contributed by atoms with Crippen molar-refractivity contribution in [1.29, 1.82) is 0 Å². The van der Waals surface area contributed by atoms with Gasteiger partial charge in [0.15, 0.2) is 0 Å². The van der Waals surface area contributed by atoms with Gasteiger partial charge in [-0.1, -0.05) is 24.3 Å². The summed E-state index contributed by atoms with van der Waals surface area (Å²) in [5, 5.41) is 3.60. The molecule has 2 nitrogen and oxygen atoms in total. The van der Waals surface area contributed by atoms with Gasteiger partial charge in [0.1, 0.15) is 0 Å². The SMILES string of the molecule is c1ccc2[nH]c3ccc4ccnc4c3cc2c1. The molecule has 2 heterocycles. The summed E-state index contributed by atoms with van der Waals surface area (Å²) in [6.07, 6.45) is 1.86. The molecule has 0 aliphatic heterocycles. The Morgan fingerprint density at radius 2 is 1.76 bits per heavy atom. The van der Waals surface area contributed by atoms with Crippen LogP contribution in [0, 0.1) is 0 Å². The lowest BCUT2D eigenvalue weighted by Gasteiger charge is -2.03. The molecular weight excluding hydrogens is 208 g/mol.